The number of aromatic nitrogens is 3. The number of nitrogens with zero attached hydrogens (tertiary/aromatic N) is 3. The van der Waals surface area contributed by atoms with Gasteiger partial charge in [0, 0.05) is 36.6 Å². The summed E-state index contributed by atoms with van der Waals surface area (Å²) in [4.78, 5) is 26.3. The van der Waals surface area contributed by atoms with Crippen LogP contribution in [0.1, 0.15) is 11.1 Å². The molecule has 3 aromatic carbocycles. The van der Waals surface area contributed by atoms with Gasteiger partial charge in [-0.3, -0.25) is 4.79 Å². The first-order chi connectivity index (χ1) is 17.2. The Labute approximate surface area is 204 Å². The Bertz CT molecular complexity index is 1300. The van der Waals surface area contributed by atoms with E-state index in [1.54, 1.807) is 0 Å². The number of amides is 1. The highest BCUT2D eigenvalue weighted by atomic mass is 16.2. The van der Waals surface area contributed by atoms with Gasteiger partial charge in [-0.15, -0.1) is 0 Å². The summed E-state index contributed by atoms with van der Waals surface area (Å²) in [6, 6.07) is 25.6. The summed E-state index contributed by atoms with van der Waals surface area (Å²) in [6.45, 7) is 1.65. The predicted octanol–water partition coefficient (Wildman–Crippen LogP) is 3.52. The van der Waals surface area contributed by atoms with Gasteiger partial charge in [-0.05, 0) is 41.8 Å². The lowest BCUT2D eigenvalue weighted by atomic mass is 10.0. The number of anilines is 3. The fraction of sp³-hybridized carbons (Fsp3) is 0.185. The van der Waals surface area contributed by atoms with Crippen LogP contribution in [0, 0.1) is 0 Å². The molecule has 5 rings (SSSR count). The molecule has 0 spiro atoms. The van der Waals surface area contributed by atoms with Crippen molar-refractivity contribution >= 4 is 23.2 Å². The van der Waals surface area contributed by atoms with Gasteiger partial charge in [-0.25, -0.2) is 9.97 Å². The smallest absolute Gasteiger partial charge is 0.237 e. The second kappa shape index (κ2) is 10.8. The van der Waals surface area contributed by atoms with Crippen LogP contribution in [0.25, 0.3) is 11.4 Å². The van der Waals surface area contributed by atoms with Gasteiger partial charge in [0.25, 0.3) is 0 Å². The molecular weight excluding hydrogens is 438 g/mol. The summed E-state index contributed by atoms with van der Waals surface area (Å²) in [5, 5.41) is 13.1. The first-order valence-electron chi connectivity index (χ1n) is 11.7. The largest absolute Gasteiger partial charge is 0.383 e. The van der Waals surface area contributed by atoms with Crippen molar-refractivity contribution in [2.24, 2.45) is 0 Å². The lowest BCUT2D eigenvalue weighted by Gasteiger charge is -2.19. The van der Waals surface area contributed by atoms with Crippen LogP contribution in [0.3, 0.4) is 0 Å². The molecule has 1 aromatic heterocycles. The van der Waals surface area contributed by atoms with E-state index >= 15 is 0 Å². The minimum atomic E-state index is -0.359. The zero-order valence-corrected chi connectivity index (χ0v) is 19.2. The highest BCUT2D eigenvalue weighted by molar-refractivity contribution is 5.82. The number of hydrogen-bond donors (Lipinski definition) is 4. The zero-order chi connectivity index (χ0) is 23.9. The van der Waals surface area contributed by atoms with Crippen LogP contribution in [-0.2, 0) is 17.8 Å². The van der Waals surface area contributed by atoms with Gasteiger partial charge in [-0.1, -0.05) is 54.6 Å². The number of hydrogen-bond acceptors (Lipinski definition) is 7. The van der Waals surface area contributed by atoms with Gasteiger partial charge < -0.3 is 21.3 Å². The van der Waals surface area contributed by atoms with Crippen molar-refractivity contribution < 1.29 is 4.79 Å². The van der Waals surface area contributed by atoms with Crippen molar-refractivity contribution in [1.82, 2.24) is 25.6 Å². The maximum Gasteiger partial charge on any atom is 0.237 e. The molecule has 0 aliphatic carbocycles. The van der Waals surface area contributed by atoms with Gasteiger partial charge in [0.05, 0.1) is 6.04 Å². The summed E-state index contributed by atoms with van der Waals surface area (Å²) in [5.74, 6) is 1.04. The van der Waals surface area contributed by atoms with Crippen molar-refractivity contribution in [3.8, 4) is 11.4 Å². The van der Waals surface area contributed by atoms with E-state index in [2.05, 4.69) is 36.2 Å². The third-order valence-electron chi connectivity index (χ3n) is 5.78. The van der Waals surface area contributed by atoms with E-state index in [1.807, 2.05) is 78.9 Å². The van der Waals surface area contributed by atoms with E-state index in [0.717, 1.165) is 28.1 Å². The van der Waals surface area contributed by atoms with E-state index < -0.39 is 0 Å². The third-order valence-corrected chi connectivity index (χ3v) is 5.78. The van der Waals surface area contributed by atoms with E-state index in [-0.39, 0.29) is 11.9 Å². The predicted molar refractivity (Wildman–Crippen MR) is 137 cm³/mol. The minimum absolute atomic E-state index is 0.0209. The Kier molecular flexibility index (Phi) is 6.91. The molecule has 35 heavy (non-hydrogen) atoms. The number of fused-ring (bicyclic) bond motifs is 7. The first-order valence-corrected chi connectivity index (χ1v) is 11.7. The van der Waals surface area contributed by atoms with Crippen molar-refractivity contribution in [2.45, 2.75) is 19.0 Å². The molecule has 0 saturated heterocycles. The molecule has 2 heterocycles. The highest BCUT2D eigenvalue weighted by Crippen LogP contribution is 2.21. The fourth-order valence-corrected chi connectivity index (χ4v) is 4.02. The molecule has 8 heteroatoms. The van der Waals surface area contributed by atoms with Gasteiger partial charge >= 0.3 is 0 Å². The maximum absolute atomic E-state index is 13.1. The van der Waals surface area contributed by atoms with Crippen LogP contribution in [0.5, 0.6) is 0 Å². The van der Waals surface area contributed by atoms with Crippen LogP contribution in [0.15, 0.2) is 85.2 Å². The van der Waals surface area contributed by atoms with Crippen LogP contribution in [-0.4, -0.2) is 40.0 Å². The number of nitrogens with one attached hydrogen (secondary N) is 4. The Balaban J connectivity index is 1.43. The molecule has 0 fully saturated rings. The Morgan fingerprint density at radius 2 is 1.66 bits per heavy atom. The standard InChI is InChI=1S/C27H27N7O/c35-26-24(15-19-6-2-1-3-7-19)30-17-20-8-4-11-23(14-20)33-27-32-18-31-25(34-27)21-9-5-10-22(16-21)28-12-13-29-26/h1-11,14,16,18,24,28,30H,12-13,15,17H2,(H,29,35)(H,31,32,33,34)/t24-/m0/s1. The van der Waals surface area contributed by atoms with Gasteiger partial charge in [-0.2, -0.15) is 4.98 Å². The van der Waals surface area contributed by atoms with Crippen LogP contribution in [0.4, 0.5) is 17.3 Å². The normalized spacial score (nSPS) is 16.1. The molecule has 8 nitrogen and oxygen atoms in total. The lowest BCUT2D eigenvalue weighted by molar-refractivity contribution is -0.123. The second-order valence-corrected chi connectivity index (χ2v) is 8.38. The molecule has 0 unspecified atom stereocenters. The van der Waals surface area contributed by atoms with Gasteiger partial charge in [0.15, 0.2) is 5.82 Å². The molecule has 4 aromatic rings. The fourth-order valence-electron chi connectivity index (χ4n) is 4.02. The summed E-state index contributed by atoms with van der Waals surface area (Å²) in [7, 11) is 0. The summed E-state index contributed by atoms with van der Waals surface area (Å²) in [5.41, 5.74) is 4.83. The molecule has 1 amide bonds. The Morgan fingerprint density at radius 1 is 0.829 bits per heavy atom. The quantitative estimate of drug-likeness (QED) is 0.359. The van der Waals surface area contributed by atoms with E-state index in [1.165, 1.54) is 6.33 Å². The van der Waals surface area contributed by atoms with Gasteiger partial charge in [0.2, 0.25) is 11.9 Å². The maximum atomic E-state index is 13.1. The molecule has 6 bridgehead atoms. The molecule has 0 radical (unpaired) electrons. The Hall–Kier alpha value is -4.30. The number of benzene rings is 3. The number of rotatable bonds is 2. The first kappa shape index (κ1) is 22.5. The highest BCUT2D eigenvalue weighted by Gasteiger charge is 2.18. The molecule has 1 atom stereocenters. The van der Waals surface area contributed by atoms with E-state index in [0.29, 0.717) is 37.8 Å². The van der Waals surface area contributed by atoms with E-state index in [4.69, 9.17) is 0 Å². The van der Waals surface area contributed by atoms with Crippen LogP contribution in [0.2, 0.25) is 0 Å². The second-order valence-electron chi connectivity index (χ2n) is 8.38. The van der Waals surface area contributed by atoms with Crippen LogP contribution < -0.4 is 21.3 Å². The van der Waals surface area contributed by atoms with Crippen molar-refractivity contribution in [3.63, 3.8) is 0 Å². The van der Waals surface area contributed by atoms with Crippen molar-refractivity contribution in [2.75, 3.05) is 23.7 Å². The average molecular weight is 466 g/mol. The van der Waals surface area contributed by atoms with Crippen molar-refractivity contribution in [1.29, 1.82) is 0 Å². The van der Waals surface area contributed by atoms with Crippen molar-refractivity contribution in [3.05, 3.63) is 96.3 Å². The van der Waals surface area contributed by atoms with Gasteiger partial charge in [0.1, 0.15) is 6.33 Å². The molecule has 176 valence electrons. The molecule has 1 aliphatic heterocycles. The van der Waals surface area contributed by atoms with Crippen LogP contribution >= 0.6 is 0 Å². The average Bonchev–Trinajstić information content (AvgIpc) is 2.89. The zero-order valence-electron chi connectivity index (χ0n) is 19.2. The summed E-state index contributed by atoms with van der Waals surface area (Å²) < 4.78 is 0. The topological polar surface area (TPSA) is 104 Å². The third kappa shape index (κ3) is 5.99. The summed E-state index contributed by atoms with van der Waals surface area (Å²) in [6.07, 6.45) is 2.12. The molecular formula is C27H27N7O. The molecule has 0 saturated carbocycles. The minimum Gasteiger partial charge on any atom is -0.383 e. The lowest BCUT2D eigenvalue weighted by Crippen LogP contribution is -2.46. The Morgan fingerprint density at radius 3 is 2.57 bits per heavy atom. The number of carbonyl (C=O) groups excluding carboxylic acids is 1. The SMILES string of the molecule is O=C1NCCNc2cccc(c2)-c2ncnc(n2)Nc2cccc(c2)CN[C@H]1Cc1ccccc1. The molecule has 1 aliphatic rings. The summed E-state index contributed by atoms with van der Waals surface area (Å²) >= 11 is 0. The molecule has 4 N–H and O–H groups in total. The van der Waals surface area contributed by atoms with E-state index in [9.17, 15) is 4.79 Å². The number of carbonyl (C=O) groups is 1. The monoisotopic (exact) mass is 465 g/mol.